The van der Waals surface area contributed by atoms with Gasteiger partial charge >= 0.3 is 0 Å². The van der Waals surface area contributed by atoms with Gasteiger partial charge in [-0.3, -0.25) is 9.59 Å². The maximum atomic E-state index is 12.4. The number of epoxide rings is 1. The fraction of sp³-hybridized carbons (Fsp3) is 0.684. The topological polar surface area (TPSA) is 46.7 Å². The molecule has 4 fully saturated rings. The standard InChI is InChI=1S/C19H22O3/c1-17-10-16-19(22-16)14(13(17)5-6-15(17)21)4-3-11-9-12(20)7-8-18(11,19)2/h7-9,13-14,16H,3-6,10H2,1-2H3/t13-,14-,16+,17+,18-,19-/m1/s1. The minimum absolute atomic E-state index is 0.108. The van der Waals surface area contributed by atoms with Crippen LogP contribution in [0.3, 0.4) is 0 Å². The van der Waals surface area contributed by atoms with Gasteiger partial charge in [0.15, 0.2) is 5.78 Å². The van der Waals surface area contributed by atoms with Crippen molar-refractivity contribution in [3.8, 4) is 0 Å². The Balaban J connectivity index is 1.63. The third-order valence-corrected chi connectivity index (χ3v) is 7.64. The SMILES string of the molecule is C[C@]12C[C@@H]3O[C@]34[C@H](CCC3=CC(=O)C=C[C@]34C)[C@H]1CCC2=O. The quantitative estimate of drug-likeness (QED) is 0.646. The van der Waals surface area contributed by atoms with Crippen LogP contribution in [-0.4, -0.2) is 23.3 Å². The zero-order valence-electron chi connectivity index (χ0n) is 13.2. The number of ketones is 2. The van der Waals surface area contributed by atoms with E-state index in [1.807, 2.05) is 6.08 Å². The molecule has 5 aliphatic rings. The second kappa shape index (κ2) is 3.64. The summed E-state index contributed by atoms with van der Waals surface area (Å²) in [6.07, 6.45) is 10.5. The van der Waals surface area contributed by atoms with Gasteiger partial charge in [0.1, 0.15) is 11.4 Å². The van der Waals surface area contributed by atoms with Crippen LogP contribution in [0.5, 0.6) is 0 Å². The monoisotopic (exact) mass is 298 g/mol. The van der Waals surface area contributed by atoms with E-state index in [1.165, 1.54) is 5.57 Å². The van der Waals surface area contributed by atoms with Gasteiger partial charge in [-0.25, -0.2) is 0 Å². The van der Waals surface area contributed by atoms with E-state index in [9.17, 15) is 9.59 Å². The van der Waals surface area contributed by atoms with Gasteiger partial charge < -0.3 is 4.74 Å². The molecule has 1 saturated heterocycles. The number of allylic oxidation sites excluding steroid dienone is 2. The van der Waals surface area contributed by atoms with Gasteiger partial charge in [-0.1, -0.05) is 18.6 Å². The number of hydrogen-bond donors (Lipinski definition) is 0. The van der Waals surface area contributed by atoms with E-state index >= 15 is 0 Å². The van der Waals surface area contributed by atoms with E-state index in [-0.39, 0.29) is 28.3 Å². The summed E-state index contributed by atoms with van der Waals surface area (Å²) >= 11 is 0. The van der Waals surface area contributed by atoms with Crippen LogP contribution in [0.2, 0.25) is 0 Å². The average molecular weight is 298 g/mol. The summed E-state index contributed by atoms with van der Waals surface area (Å²) in [5.74, 6) is 1.48. The zero-order chi connectivity index (χ0) is 15.3. The molecule has 0 bridgehead atoms. The first kappa shape index (κ1) is 13.2. The van der Waals surface area contributed by atoms with Gasteiger partial charge in [-0.15, -0.1) is 0 Å². The minimum Gasteiger partial charge on any atom is -0.364 e. The molecule has 0 N–H and O–H groups in total. The fourth-order valence-electron chi connectivity index (χ4n) is 6.42. The van der Waals surface area contributed by atoms with Crippen molar-refractivity contribution >= 4 is 11.6 Å². The maximum Gasteiger partial charge on any atom is 0.178 e. The number of Topliss-reactive ketones (excluding diaryl/α,β-unsaturated/α-hetero) is 1. The average Bonchev–Trinajstić information content (AvgIpc) is 3.12. The first-order valence-electron chi connectivity index (χ1n) is 8.57. The first-order valence-corrected chi connectivity index (χ1v) is 8.57. The van der Waals surface area contributed by atoms with E-state index in [0.717, 1.165) is 32.1 Å². The molecule has 0 aromatic rings. The highest BCUT2D eigenvalue weighted by Crippen LogP contribution is 2.73. The molecule has 1 heterocycles. The predicted molar refractivity (Wildman–Crippen MR) is 81.1 cm³/mol. The molecule has 6 atom stereocenters. The summed E-state index contributed by atoms with van der Waals surface area (Å²) < 4.78 is 6.37. The number of hydrogen-bond acceptors (Lipinski definition) is 3. The highest BCUT2D eigenvalue weighted by molar-refractivity contribution is 6.01. The Bertz CT molecular complexity index is 674. The van der Waals surface area contributed by atoms with Gasteiger partial charge in [-0.2, -0.15) is 0 Å². The molecule has 3 heteroatoms. The summed E-state index contributed by atoms with van der Waals surface area (Å²) in [7, 11) is 0. The summed E-state index contributed by atoms with van der Waals surface area (Å²) in [5.41, 5.74) is 0.776. The Morgan fingerprint density at radius 3 is 2.73 bits per heavy atom. The van der Waals surface area contributed by atoms with Crippen LogP contribution in [0.1, 0.15) is 46.0 Å². The van der Waals surface area contributed by atoms with Gasteiger partial charge in [0.25, 0.3) is 0 Å². The van der Waals surface area contributed by atoms with E-state index in [2.05, 4.69) is 19.9 Å². The van der Waals surface area contributed by atoms with E-state index in [1.54, 1.807) is 6.08 Å². The van der Waals surface area contributed by atoms with E-state index in [0.29, 0.717) is 17.6 Å². The molecular weight excluding hydrogens is 276 g/mol. The molecule has 0 unspecified atom stereocenters. The number of ether oxygens (including phenoxy) is 1. The van der Waals surface area contributed by atoms with Crippen LogP contribution in [-0.2, 0) is 14.3 Å². The Morgan fingerprint density at radius 2 is 1.91 bits per heavy atom. The summed E-state index contributed by atoms with van der Waals surface area (Å²) in [6, 6.07) is 0. The molecule has 1 aliphatic heterocycles. The van der Waals surface area contributed by atoms with Crippen molar-refractivity contribution in [2.24, 2.45) is 22.7 Å². The summed E-state index contributed by atoms with van der Waals surface area (Å²) in [4.78, 5) is 24.2. The van der Waals surface area contributed by atoms with Crippen LogP contribution in [0, 0.1) is 22.7 Å². The van der Waals surface area contributed by atoms with Gasteiger partial charge in [0.2, 0.25) is 0 Å². The lowest BCUT2D eigenvalue weighted by Gasteiger charge is -2.53. The highest BCUT2D eigenvalue weighted by atomic mass is 16.6. The van der Waals surface area contributed by atoms with Crippen molar-refractivity contribution in [1.82, 2.24) is 0 Å². The highest BCUT2D eigenvalue weighted by Gasteiger charge is 2.78. The lowest BCUT2D eigenvalue weighted by molar-refractivity contribution is -0.129. The molecule has 1 spiro atoms. The molecule has 0 aromatic heterocycles. The molecular formula is C19H22O3. The molecule has 0 aromatic carbocycles. The molecule has 0 amide bonds. The van der Waals surface area contributed by atoms with Gasteiger partial charge in [-0.05, 0) is 56.6 Å². The van der Waals surface area contributed by atoms with E-state index < -0.39 is 0 Å². The largest absolute Gasteiger partial charge is 0.364 e. The molecule has 22 heavy (non-hydrogen) atoms. The fourth-order valence-corrected chi connectivity index (χ4v) is 6.42. The predicted octanol–water partition coefficient (Wildman–Crippen LogP) is 2.99. The van der Waals surface area contributed by atoms with Gasteiger partial charge in [0, 0.05) is 17.3 Å². The van der Waals surface area contributed by atoms with Gasteiger partial charge in [0.05, 0.1) is 6.10 Å². The first-order chi connectivity index (χ1) is 10.4. The van der Waals surface area contributed by atoms with Crippen molar-refractivity contribution in [1.29, 1.82) is 0 Å². The molecule has 0 radical (unpaired) electrons. The third kappa shape index (κ3) is 1.22. The van der Waals surface area contributed by atoms with Crippen molar-refractivity contribution in [2.45, 2.75) is 57.7 Å². The maximum absolute atomic E-state index is 12.4. The molecule has 3 nitrogen and oxygen atoms in total. The second-order valence-corrected chi connectivity index (χ2v) is 8.34. The normalized spacial score (nSPS) is 55.0. The summed E-state index contributed by atoms with van der Waals surface area (Å²) in [6.45, 7) is 4.42. The smallest absolute Gasteiger partial charge is 0.178 e. The number of carbonyl (C=O) groups is 2. The third-order valence-electron chi connectivity index (χ3n) is 7.64. The number of fused-ring (bicyclic) bond motifs is 3. The Hall–Kier alpha value is -1.22. The lowest BCUT2D eigenvalue weighted by atomic mass is 9.48. The van der Waals surface area contributed by atoms with Crippen molar-refractivity contribution in [2.75, 3.05) is 0 Å². The summed E-state index contributed by atoms with van der Waals surface area (Å²) in [5, 5.41) is 0. The number of carbonyl (C=O) groups excluding carboxylic acids is 2. The van der Waals surface area contributed by atoms with Crippen LogP contribution in [0.4, 0.5) is 0 Å². The van der Waals surface area contributed by atoms with Crippen LogP contribution in [0.25, 0.3) is 0 Å². The minimum atomic E-state index is -0.166. The van der Waals surface area contributed by atoms with Crippen LogP contribution < -0.4 is 0 Å². The van der Waals surface area contributed by atoms with Crippen LogP contribution >= 0.6 is 0 Å². The lowest BCUT2D eigenvalue weighted by Crippen LogP contribution is -2.56. The van der Waals surface area contributed by atoms with Crippen molar-refractivity contribution in [3.05, 3.63) is 23.8 Å². The zero-order valence-corrected chi connectivity index (χ0v) is 13.2. The van der Waals surface area contributed by atoms with Crippen molar-refractivity contribution < 1.29 is 14.3 Å². The number of rotatable bonds is 0. The Labute approximate surface area is 130 Å². The molecule has 4 aliphatic carbocycles. The molecule has 116 valence electrons. The Morgan fingerprint density at radius 1 is 1.14 bits per heavy atom. The van der Waals surface area contributed by atoms with Crippen LogP contribution in [0.15, 0.2) is 23.8 Å². The molecule has 3 saturated carbocycles. The molecule has 5 rings (SSSR count). The Kier molecular flexibility index (Phi) is 2.19. The van der Waals surface area contributed by atoms with E-state index in [4.69, 9.17) is 4.74 Å². The van der Waals surface area contributed by atoms with Crippen molar-refractivity contribution in [3.63, 3.8) is 0 Å². The second-order valence-electron chi connectivity index (χ2n) is 8.34.